The summed E-state index contributed by atoms with van der Waals surface area (Å²) in [5.41, 5.74) is 2.46. The summed E-state index contributed by atoms with van der Waals surface area (Å²) in [6.45, 7) is 5.93. The number of ether oxygens (including phenoxy) is 1. The van der Waals surface area contributed by atoms with Gasteiger partial charge in [0, 0.05) is 30.0 Å². The van der Waals surface area contributed by atoms with Crippen molar-refractivity contribution >= 4 is 22.9 Å². The Balaban J connectivity index is 1.66. The monoisotopic (exact) mass is 307 g/mol. The van der Waals surface area contributed by atoms with E-state index in [2.05, 4.69) is 43.4 Å². The van der Waals surface area contributed by atoms with Crippen molar-refractivity contribution in [2.75, 3.05) is 0 Å². The molecule has 2 nitrogen and oxygen atoms in total. The van der Waals surface area contributed by atoms with E-state index in [1.165, 1.54) is 16.0 Å². The fourth-order valence-electron chi connectivity index (χ4n) is 2.59. The van der Waals surface area contributed by atoms with E-state index in [4.69, 9.17) is 16.3 Å². The molecule has 0 saturated carbocycles. The van der Waals surface area contributed by atoms with Gasteiger partial charge in [0.25, 0.3) is 0 Å². The van der Waals surface area contributed by atoms with Crippen molar-refractivity contribution < 1.29 is 4.74 Å². The van der Waals surface area contributed by atoms with Crippen molar-refractivity contribution in [3.8, 4) is 5.75 Å². The van der Waals surface area contributed by atoms with Crippen molar-refractivity contribution in [3.63, 3.8) is 0 Å². The summed E-state index contributed by atoms with van der Waals surface area (Å²) in [4.78, 5) is 1.25. The molecule has 0 unspecified atom stereocenters. The Morgan fingerprint density at radius 2 is 2.10 bits per heavy atom. The SMILES string of the molecule is CC1(C)Cc2cccc(CNCc3ccc(Cl)s3)c2O1. The largest absolute Gasteiger partial charge is 0.487 e. The van der Waals surface area contributed by atoms with E-state index in [9.17, 15) is 0 Å². The Kier molecular flexibility index (Phi) is 3.76. The molecule has 0 saturated heterocycles. The van der Waals surface area contributed by atoms with Crippen LogP contribution in [0.4, 0.5) is 0 Å². The lowest BCUT2D eigenvalue weighted by Crippen LogP contribution is -2.25. The van der Waals surface area contributed by atoms with Crippen molar-refractivity contribution in [1.29, 1.82) is 0 Å². The Morgan fingerprint density at radius 3 is 2.85 bits per heavy atom. The number of hydrogen-bond acceptors (Lipinski definition) is 3. The van der Waals surface area contributed by atoms with Crippen LogP contribution in [0.3, 0.4) is 0 Å². The Labute approximate surface area is 128 Å². The number of fused-ring (bicyclic) bond motifs is 1. The maximum absolute atomic E-state index is 6.07. The van der Waals surface area contributed by atoms with Gasteiger partial charge in [-0.3, -0.25) is 0 Å². The standard InChI is InChI=1S/C16H18ClNOS/c1-16(2)8-11-4-3-5-12(15(11)19-16)9-18-10-13-6-7-14(17)20-13/h3-7,18H,8-10H2,1-2H3. The van der Waals surface area contributed by atoms with Gasteiger partial charge in [0.2, 0.25) is 0 Å². The minimum atomic E-state index is -0.0836. The topological polar surface area (TPSA) is 21.3 Å². The van der Waals surface area contributed by atoms with E-state index in [1.807, 2.05) is 6.07 Å². The third-order valence-electron chi connectivity index (χ3n) is 3.42. The molecule has 1 aliphatic heterocycles. The number of nitrogens with one attached hydrogen (secondary N) is 1. The highest BCUT2D eigenvalue weighted by Gasteiger charge is 2.31. The molecular weight excluding hydrogens is 290 g/mol. The Morgan fingerprint density at radius 1 is 1.25 bits per heavy atom. The van der Waals surface area contributed by atoms with E-state index < -0.39 is 0 Å². The van der Waals surface area contributed by atoms with E-state index in [0.717, 1.165) is 29.6 Å². The van der Waals surface area contributed by atoms with Gasteiger partial charge in [-0.2, -0.15) is 0 Å². The van der Waals surface area contributed by atoms with Crippen molar-refractivity contribution in [2.24, 2.45) is 0 Å². The summed E-state index contributed by atoms with van der Waals surface area (Å²) < 4.78 is 6.91. The summed E-state index contributed by atoms with van der Waals surface area (Å²) in [6, 6.07) is 10.4. The second-order valence-electron chi connectivity index (χ2n) is 5.75. The minimum Gasteiger partial charge on any atom is -0.487 e. The fourth-order valence-corrected chi connectivity index (χ4v) is 3.64. The molecule has 0 radical (unpaired) electrons. The lowest BCUT2D eigenvalue weighted by Gasteiger charge is -2.18. The highest BCUT2D eigenvalue weighted by atomic mass is 35.5. The number of para-hydroxylation sites is 1. The van der Waals surface area contributed by atoms with Crippen LogP contribution in [0.1, 0.15) is 29.9 Å². The zero-order chi connectivity index (χ0) is 14.2. The van der Waals surface area contributed by atoms with Gasteiger partial charge in [0.1, 0.15) is 11.4 Å². The van der Waals surface area contributed by atoms with Gasteiger partial charge in [-0.05, 0) is 31.5 Å². The summed E-state index contributed by atoms with van der Waals surface area (Å²) >= 11 is 7.55. The predicted octanol–water partition coefficient (Wildman–Crippen LogP) is 4.40. The Hall–Kier alpha value is -1.03. The molecule has 0 bridgehead atoms. The predicted molar refractivity (Wildman–Crippen MR) is 84.7 cm³/mol. The van der Waals surface area contributed by atoms with E-state index in [-0.39, 0.29) is 5.60 Å². The van der Waals surface area contributed by atoms with Crippen LogP contribution >= 0.6 is 22.9 Å². The zero-order valence-corrected chi connectivity index (χ0v) is 13.3. The lowest BCUT2D eigenvalue weighted by molar-refractivity contribution is 0.137. The smallest absolute Gasteiger partial charge is 0.127 e. The Bertz CT molecular complexity index is 621. The van der Waals surface area contributed by atoms with Crippen LogP contribution in [-0.4, -0.2) is 5.60 Å². The molecule has 4 heteroatoms. The van der Waals surface area contributed by atoms with Crippen LogP contribution in [0.15, 0.2) is 30.3 Å². The number of benzene rings is 1. The first kappa shape index (κ1) is 13.9. The summed E-state index contributed by atoms with van der Waals surface area (Å²) in [5, 5.41) is 3.46. The van der Waals surface area contributed by atoms with Gasteiger partial charge in [0.15, 0.2) is 0 Å². The van der Waals surface area contributed by atoms with Crippen molar-refractivity contribution in [2.45, 2.75) is 39.0 Å². The summed E-state index contributed by atoms with van der Waals surface area (Å²) in [7, 11) is 0. The van der Waals surface area contributed by atoms with Crippen LogP contribution in [0.25, 0.3) is 0 Å². The summed E-state index contributed by atoms with van der Waals surface area (Å²) in [5.74, 6) is 1.06. The molecule has 1 aromatic heterocycles. The van der Waals surface area contributed by atoms with Crippen LogP contribution in [0.2, 0.25) is 4.34 Å². The van der Waals surface area contributed by atoms with Crippen LogP contribution < -0.4 is 10.1 Å². The van der Waals surface area contributed by atoms with Gasteiger partial charge in [0.05, 0.1) is 4.34 Å². The number of halogens is 1. The normalized spacial score (nSPS) is 15.9. The van der Waals surface area contributed by atoms with Gasteiger partial charge in [-0.15, -0.1) is 11.3 Å². The first-order valence-corrected chi connectivity index (χ1v) is 7.98. The number of thiophene rings is 1. The third kappa shape index (κ3) is 3.00. The molecule has 0 fully saturated rings. The minimum absolute atomic E-state index is 0.0836. The molecule has 2 heterocycles. The number of hydrogen-bond donors (Lipinski definition) is 1. The van der Waals surface area contributed by atoms with Crippen molar-refractivity contribution in [3.05, 3.63) is 50.7 Å². The molecule has 0 aliphatic carbocycles. The first-order chi connectivity index (χ1) is 9.53. The molecule has 3 rings (SSSR count). The first-order valence-electron chi connectivity index (χ1n) is 6.78. The van der Waals surface area contributed by atoms with Gasteiger partial charge >= 0.3 is 0 Å². The molecule has 106 valence electrons. The highest BCUT2D eigenvalue weighted by Crippen LogP contribution is 2.37. The molecule has 20 heavy (non-hydrogen) atoms. The maximum atomic E-state index is 6.07. The molecule has 1 aromatic carbocycles. The lowest BCUT2D eigenvalue weighted by atomic mass is 10.0. The van der Waals surface area contributed by atoms with Gasteiger partial charge in [-0.25, -0.2) is 0 Å². The van der Waals surface area contributed by atoms with Gasteiger partial charge < -0.3 is 10.1 Å². The fraction of sp³-hybridized carbons (Fsp3) is 0.375. The average Bonchev–Trinajstić information content (AvgIpc) is 2.91. The van der Waals surface area contributed by atoms with E-state index in [1.54, 1.807) is 11.3 Å². The second kappa shape index (κ2) is 5.40. The number of rotatable bonds is 4. The molecule has 1 aliphatic rings. The maximum Gasteiger partial charge on any atom is 0.127 e. The molecule has 2 aromatic rings. The highest BCUT2D eigenvalue weighted by molar-refractivity contribution is 7.16. The molecule has 1 N–H and O–H groups in total. The van der Waals surface area contributed by atoms with Crippen LogP contribution in [-0.2, 0) is 19.5 Å². The van der Waals surface area contributed by atoms with Gasteiger partial charge in [-0.1, -0.05) is 29.8 Å². The third-order valence-corrected chi connectivity index (χ3v) is 4.65. The molecule has 0 amide bonds. The van der Waals surface area contributed by atoms with Crippen molar-refractivity contribution in [1.82, 2.24) is 5.32 Å². The molecule has 0 spiro atoms. The van der Waals surface area contributed by atoms with Crippen LogP contribution in [0, 0.1) is 0 Å². The zero-order valence-electron chi connectivity index (χ0n) is 11.7. The summed E-state index contributed by atoms with van der Waals surface area (Å²) in [6.07, 6.45) is 0.983. The molecule has 0 atom stereocenters. The average molecular weight is 308 g/mol. The molecular formula is C16H18ClNOS. The quantitative estimate of drug-likeness (QED) is 0.903. The second-order valence-corrected chi connectivity index (χ2v) is 7.55. The van der Waals surface area contributed by atoms with Crippen LogP contribution in [0.5, 0.6) is 5.75 Å². The van der Waals surface area contributed by atoms with E-state index in [0.29, 0.717) is 0 Å². The van der Waals surface area contributed by atoms with E-state index >= 15 is 0 Å².